The van der Waals surface area contributed by atoms with Crippen molar-refractivity contribution in [1.29, 1.82) is 0 Å². The number of aliphatic imine (C=N–C) groups is 1. The number of carbonyl (C=O) groups is 1. The third kappa shape index (κ3) is 4.35. The Labute approximate surface area is 150 Å². The summed E-state index contributed by atoms with van der Waals surface area (Å²) in [6.45, 7) is 5.38. The van der Waals surface area contributed by atoms with Crippen molar-refractivity contribution in [3.63, 3.8) is 0 Å². The van der Waals surface area contributed by atoms with E-state index in [0.29, 0.717) is 37.6 Å². The van der Waals surface area contributed by atoms with Gasteiger partial charge in [0.05, 0.1) is 0 Å². The monoisotopic (exact) mass is 396 g/mol. The summed E-state index contributed by atoms with van der Waals surface area (Å²) in [7, 11) is 3.39. The molecule has 7 heteroatoms. The quantitative estimate of drug-likeness (QED) is 0.481. The van der Waals surface area contributed by atoms with Gasteiger partial charge < -0.3 is 15.1 Å². The molecule has 0 aromatic heterocycles. The Kier molecular flexibility index (Phi) is 6.36. The number of carbonyl (C=O) groups excluding carboxylic acids is 1. The largest absolute Gasteiger partial charge is 0.353 e. The molecule has 1 aromatic carbocycles. The fourth-order valence-corrected chi connectivity index (χ4v) is 3.06. The number of guanidine groups is 1. The number of hydrogen-bond donors (Lipinski definition) is 1. The lowest BCUT2D eigenvalue weighted by Crippen LogP contribution is -2.45. The molecule has 24 heavy (non-hydrogen) atoms. The summed E-state index contributed by atoms with van der Waals surface area (Å²) < 4.78 is 15.1. The van der Waals surface area contributed by atoms with E-state index in [0.717, 1.165) is 10.0 Å². The van der Waals surface area contributed by atoms with E-state index in [9.17, 15) is 9.18 Å². The number of amides is 1. The van der Waals surface area contributed by atoms with Crippen molar-refractivity contribution in [1.82, 2.24) is 15.1 Å². The van der Waals surface area contributed by atoms with Crippen LogP contribution in [0.25, 0.3) is 0 Å². The van der Waals surface area contributed by atoms with Gasteiger partial charge in [-0.25, -0.2) is 9.38 Å². The second-order valence-electron chi connectivity index (χ2n) is 5.76. The highest BCUT2D eigenvalue weighted by molar-refractivity contribution is 9.10. The number of nitrogens with one attached hydrogen (secondary N) is 1. The minimum atomic E-state index is -0.217. The average Bonchev–Trinajstić information content (AvgIpc) is 2.57. The van der Waals surface area contributed by atoms with Crippen LogP contribution in [0.1, 0.15) is 11.1 Å². The lowest BCUT2D eigenvalue weighted by atomic mass is 9.99. The first kappa shape index (κ1) is 18.4. The summed E-state index contributed by atoms with van der Waals surface area (Å²) in [6, 6.07) is 3.21. The van der Waals surface area contributed by atoms with E-state index >= 15 is 0 Å². The van der Waals surface area contributed by atoms with Gasteiger partial charge in [-0.1, -0.05) is 22.0 Å². The number of fused-ring (bicyclic) bond motifs is 1. The molecule has 0 aliphatic carbocycles. The van der Waals surface area contributed by atoms with E-state index in [2.05, 4.69) is 32.8 Å². The molecule has 1 aromatic rings. The van der Waals surface area contributed by atoms with Gasteiger partial charge in [-0.2, -0.15) is 0 Å². The van der Waals surface area contributed by atoms with Gasteiger partial charge >= 0.3 is 0 Å². The van der Waals surface area contributed by atoms with E-state index in [1.165, 1.54) is 11.0 Å². The first-order valence-corrected chi connectivity index (χ1v) is 8.53. The molecule has 2 rings (SSSR count). The molecule has 1 heterocycles. The van der Waals surface area contributed by atoms with Crippen LogP contribution in [-0.4, -0.2) is 55.4 Å². The smallest absolute Gasteiger partial charge is 0.243 e. The molecule has 1 amide bonds. The predicted molar refractivity (Wildman–Crippen MR) is 97.4 cm³/mol. The standard InChI is InChI=1S/C17H22BrFN4O/c1-4-8-20-17(21-10-16(24)22(2)3)23-9-7-12-13(11-23)15(19)6-5-14(12)18/h4-6H,1,7-11H2,2-3H3,(H,20,21). The molecule has 1 N–H and O–H groups in total. The highest BCUT2D eigenvalue weighted by atomic mass is 79.9. The van der Waals surface area contributed by atoms with E-state index in [1.54, 1.807) is 26.2 Å². The molecular formula is C17H22BrFN4O. The zero-order valence-corrected chi connectivity index (χ0v) is 15.6. The van der Waals surface area contributed by atoms with Gasteiger partial charge in [0, 0.05) is 43.8 Å². The second kappa shape index (κ2) is 8.28. The van der Waals surface area contributed by atoms with Crippen LogP contribution in [0.2, 0.25) is 0 Å². The molecule has 130 valence electrons. The summed E-state index contributed by atoms with van der Waals surface area (Å²) in [4.78, 5) is 19.6. The Morgan fingerprint density at radius 2 is 2.25 bits per heavy atom. The molecule has 5 nitrogen and oxygen atoms in total. The first-order chi connectivity index (χ1) is 11.4. The lowest BCUT2D eigenvalue weighted by Gasteiger charge is -2.32. The molecule has 0 saturated carbocycles. The van der Waals surface area contributed by atoms with Crippen LogP contribution >= 0.6 is 15.9 Å². The minimum Gasteiger partial charge on any atom is -0.353 e. The van der Waals surface area contributed by atoms with Gasteiger partial charge in [-0.15, -0.1) is 6.58 Å². The van der Waals surface area contributed by atoms with E-state index in [-0.39, 0.29) is 18.3 Å². The highest BCUT2D eigenvalue weighted by Crippen LogP contribution is 2.28. The second-order valence-corrected chi connectivity index (χ2v) is 6.61. The van der Waals surface area contributed by atoms with Gasteiger partial charge in [0.15, 0.2) is 5.96 Å². The summed E-state index contributed by atoms with van der Waals surface area (Å²) >= 11 is 3.49. The lowest BCUT2D eigenvalue weighted by molar-refractivity contribution is -0.127. The fraction of sp³-hybridized carbons (Fsp3) is 0.412. The number of hydrogen-bond acceptors (Lipinski definition) is 2. The van der Waals surface area contributed by atoms with E-state index < -0.39 is 0 Å². The molecule has 0 atom stereocenters. The first-order valence-electron chi connectivity index (χ1n) is 7.74. The van der Waals surface area contributed by atoms with Crippen LogP contribution in [-0.2, 0) is 17.8 Å². The Bertz CT molecular complexity index is 660. The Morgan fingerprint density at radius 3 is 2.92 bits per heavy atom. The molecule has 0 spiro atoms. The third-order valence-electron chi connectivity index (χ3n) is 3.86. The number of rotatable bonds is 4. The van der Waals surface area contributed by atoms with E-state index in [4.69, 9.17) is 0 Å². The maximum absolute atomic E-state index is 14.2. The number of likely N-dealkylation sites (N-methyl/N-ethyl adjacent to an activating group) is 1. The van der Waals surface area contributed by atoms with Gasteiger partial charge in [0.1, 0.15) is 12.4 Å². The summed E-state index contributed by atoms with van der Waals surface area (Å²) in [6.07, 6.45) is 2.43. The highest BCUT2D eigenvalue weighted by Gasteiger charge is 2.23. The normalized spacial score (nSPS) is 14.2. The maximum Gasteiger partial charge on any atom is 0.243 e. The topological polar surface area (TPSA) is 47.9 Å². The van der Waals surface area contributed by atoms with Crippen molar-refractivity contribution in [2.75, 3.05) is 33.7 Å². The molecule has 0 bridgehead atoms. The molecular weight excluding hydrogens is 375 g/mol. The van der Waals surface area contributed by atoms with Gasteiger partial charge in [0.25, 0.3) is 0 Å². The number of nitrogens with zero attached hydrogens (tertiary/aromatic N) is 3. The van der Waals surface area contributed by atoms with Crippen molar-refractivity contribution in [2.24, 2.45) is 4.99 Å². The fourth-order valence-electron chi connectivity index (χ4n) is 2.49. The van der Waals surface area contributed by atoms with Gasteiger partial charge in [-0.05, 0) is 24.1 Å². The maximum atomic E-state index is 14.2. The predicted octanol–water partition coefficient (Wildman–Crippen LogP) is 2.17. The van der Waals surface area contributed by atoms with Crippen LogP contribution in [0.15, 0.2) is 34.3 Å². The molecule has 0 radical (unpaired) electrons. The van der Waals surface area contributed by atoms with Crippen LogP contribution in [0.5, 0.6) is 0 Å². The summed E-state index contributed by atoms with van der Waals surface area (Å²) in [5.41, 5.74) is 1.67. The van der Waals surface area contributed by atoms with Crippen LogP contribution < -0.4 is 5.32 Å². The Morgan fingerprint density at radius 1 is 1.50 bits per heavy atom. The van der Waals surface area contributed by atoms with Crippen molar-refractivity contribution in [3.05, 3.63) is 46.2 Å². The molecule has 0 fully saturated rings. The minimum absolute atomic E-state index is 0.0524. The molecule has 1 aliphatic heterocycles. The summed E-state index contributed by atoms with van der Waals surface area (Å²) in [5.74, 6) is 0.291. The average molecular weight is 397 g/mol. The SMILES string of the molecule is C=CCNC(=NCC(=O)N(C)C)N1CCc2c(Br)ccc(F)c2C1. The van der Waals surface area contributed by atoms with Gasteiger partial charge in [0.2, 0.25) is 5.91 Å². The molecule has 0 unspecified atom stereocenters. The number of benzene rings is 1. The molecule has 0 saturated heterocycles. The van der Waals surface area contributed by atoms with Crippen molar-refractivity contribution in [3.8, 4) is 0 Å². The third-order valence-corrected chi connectivity index (χ3v) is 4.61. The van der Waals surface area contributed by atoms with Crippen LogP contribution in [0.3, 0.4) is 0 Å². The van der Waals surface area contributed by atoms with Crippen molar-refractivity contribution >= 4 is 27.8 Å². The van der Waals surface area contributed by atoms with Gasteiger partial charge in [-0.3, -0.25) is 4.79 Å². The Balaban J connectivity index is 2.21. The van der Waals surface area contributed by atoms with Crippen molar-refractivity contribution in [2.45, 2.75) is 13.0 Å². The molecule has 1 aliphatic rings. The van der Waals surface area contributed by atoms with Crippen LogP contribution in [0.4, 0.5) is 4.39 Å². The van der Waals surface area contributed by atoms with Crippen LogP contribution in [0, 0.1) is 5.82 Å². The van der Waals surface area contributed by atoms with Crippen molar-refractivity contribution < 1.29 is 9.18 Å². The zero-order valence-electron chi connectivity index (χ0n) is 14.0. The Hall–Kier alpha value is -1.89. The zero-order chi connectivity index (χ0) is 17.7. The van der Waals surface area contributed by atoms with E-state index in [1.807, 2.05) is 4.90 Å². The number of halogens is 2. The summed E-state index contributed by atoms with van der Waals surface area (Å²) in [5, 5.41) is 3.15.